The molecule has 1 unspecified atom stereocenters. The number of hydrogen-bond donors (Lipinski definition) is 2. The number of carbonyl (C=O) groups is 1. The molecule has 0 aromatic heterocycles. The predicted octanol–water partition coefficient (Wildman–Crippen LogP) is 3.06. The fourth-order valence-corrected chi connectivity index (χ4v) is 2.71. The van der Waals surface area contributed by atoms with Crippen LogP contribution in [0.5, 0.6) is 0 Å². The van der Waals surface area contributed by atoms with Crippen LogP contribution >= 0.6 is 28.3 Å². The van der Waals surface area contributed by atoms with Crippen molar-refractivity contribution in [2.75, 3.05) is 6.54 Å². The first-order chi connectivity index (χ1) is 9.15. The van der Waals surface area contributed by atoms with Crippen LogP contribution in [0, 0.1) is 0 Å². The van der Waals surface area contributed by atoms with E-state index in [4.69, 9.17) is 0 Å². The quantitative estimate of drug-likeness (QED) is 0.865. The number of rotatable bonds is 4. The van der Waals surface area contributed by atoms with Gasteiger partial charge in [-0.3, -0.25) is 4.79 Å². The summed E-state index contributed by atoms with van der Waals surface area (Å²) in [7, 11) is 0. The summed E-state index contributed by atoms with van der Waals surface area (Å²) in [5.41, 5.74) is 1.24. The van der Waals surface area contributed by atoms with Crippen molar-refractivity contribution in [2.45, 2.75) is 44.7 Å². The lowest BCUT2D eigenvalue weighted by Crippen LogP contribution is -2.49. The molecule has 112 valence electrons. The summed E-state index contributed by atoms with van der Waals surface area (Å²) in [4.78, 5) is 12.1. The summed E-state index contributed by atoms with van der Waals surface area (Å²) >= 11 is 3.43. The molecule has 2 atom stereocenters. The summed E-state index contributed by atoms with van der Waals surface area (Å²) in [6.45, 7) is 3.02. The Hall–Kier alpha value is -0.580. The molecule has 0 spiro atoms. The second-order valence-electron chi connectivity index (χ2n) is 5.24. The zero-order chi connectivity index (χ0) is 13.7. The minimum atomic E-state index is 0. The molecule has 20 heavy (non-hydrogen) atoms. The average molecular weight is 362 g/mol. The second-order valence-corrected chi connectivity index (χ2v) is 6.16. The van der Waals surface area contributed by atoms with Crippen LogP contribution in [0.1, 0.15) is 31.7 Å². The predicted molar refractivity (Wildman–Crippen MR) is 88.3 cm³/mol. The maximum absolute atomic E-state index is 12.1. The number of nitrogens with one attached hydrogen (secondary N) is 2. The van der Waals surface area contributed by atoms with Crippen LogP contribution in [0.4, 0.5) is 0 Å². The van der Waals surface area contributed by atoms with E-state index in [1.54, 1.807) is 0 Å². The Balaban J connectivity index is 0.00000200. The van der Waals surface area contributed by atoms with Crippen molar-refractivity contribution in [2.24, 2.45) is 0 Å². The van der Waals surface area contributed by atoms with Gasteiger partial charge in [-0.25, -0.2) is 0 Å². The largest absolute Gasteiger partial charge is 0.352 e. The molecule has 1 saturated heterocycles. The highest BCUT2D eigenvalue weighted by Crippen LogP contribution is 2.12. The number of halogens is 2. The average Bonchev–Trinajstić information content (AvgIpc) is 2.42. The maximum Gasteiger partial charge on any atom is 0.237 e. The molecule has 5 heteroatoms. The number of hydrogen-bond acceptors (Lipinski definition) is 2. The maximum atomic E-state index is 12.1. The van der Waals surface area contributed by atoms with Gasteiger partial charge in [0.25, 0.3) is 0 Å². The van der Waals surface area contributed by atoms with Gasteiger partial charge in [-0.05, 0) is 50.4 Å². The molecule has 0 saturated carbocycles. The molecule has 2 rings (SSSR count). The summed E-state index contributed by atoms with van der Waals surface area (Å²) in [5, 5.41) is 6.38. The van der Waals surface area contributed by atoms with E-state index in [1.807, 2.05) is 12.1 Å². The van der Waals surface area contributed by atoms with Crippen molar-refractivity contribution >= 4 is 34.2 Å². The molecule has 2 N–H and O–H groups in total. The van der Waals surface area contributed by atoms with E-state index in [-0.39, 0.29) is 30.4 Å². The van der Waals surface area contributed by atoms with Crippen LogP contribution < -0.4 is 10.6 Å². The highest BCUT2D eigenvalue weighted by atomic mass is 79.9. The second kappa shape index (κ2) is 8.65. The van der Waals surface area contributed by atoms with Gasteiger partial charge >= 0.3 is 0 Å². The third kappa shape index (κ3) is 5.43. The standard InChI is InChI=1S/C15H21BrN2O.ClH/c1-11(10-12-5-7-13(16)8-6-12)18-15(19)14-4-2-3-9-17-14;/h5-8,11,14,17H,2-4,9-10H2,1H3,(H,18,19);1H/t11?,14-;/m1./s1. The van der Waals surface area contributed by atoms with Gasteiger partial charge in [-0.1, -0.05) is 34.5 Å². The molecule has 1 aromatic carbocycles. The van der Waals surface area contributed by atoms with Crippen molar-refractivity contribution in [3.05, 3.63) is 34.3 Å². The molecule has 1 fully saturated rings. The SMILES string of the molecule is CC(Cc1ccc(Br)cc1)NC(=O)[C@H]1CCCCN1.Cl. The van der Waals surface area contributed by atoms with Crippen LogP contribution in [0.3, 0.4) is 0 Å². The van der Waals surface area contributed by atoms with Crippen LogP contribution in [0.15, 0.2) is 28.7 Å². The fraction of sp³-hybridized carbons (Fsp3) is 0.533. The molecular weight excluding hydrogens is 340 g/mol. The van der Waals surface area contributed by atoms with Gasteiger partial charge in [-0.15, -0.1) is 12.4 Å². The van der Waals surface area contributed by atoms with E-state index < -0.39 is 0 Å². The van der Waals surface area contributed by atoms with E-state index in [0.29, 0.717) is 0 Å². The normalized spacial score (nSPS) is 19.8. The minimum absolute atomic E-state index is 0. The van der Waals surface area contributed by atoms with E-state index in [1.165, 1.54) is 12.0 Å². The lowest BCUT2D eigenvalue weighted by atomic mass is 10.0. The monoisotopic (exact) mass is 360 g/mol. The molecule has 1 aliphatic heterocycles. The minimum Gasteiger partial charge on any atom is -0.352 e. The van der Waals surface area contributed by atoms with Crippen molar-refractivity contribution in [1.29, 1.82) is 0 Å². The first-order valence-electron chi connectivity index (χ1n) is 6.93. The van der Waals surface area contributed by atoms with E-state index in [0.717, 1.165) is 30.3 Å². The number of carbonyl (C=O) groups excluding carboxylic acids is 1. The van der Waals surface area contributed by atoms with Gasteiger partial charge < -0.3 is 10.6 Å². The number of amides is 1. The van der Waals surface area contributed by atoms with Crippen LogP contribution in [0.2, 0.25) is 0 Å². The van der Waals surface area contributed by atoms with Crippen LogP contribution in [0.25, 0.3) is 0 Å². The Labute approximate surface area is 135 Å². The molecular formula is C15H22BrClN2O. The van der Waals surface area contributed by atoms with Crippen LogP contribution in [-0.4, -0.2) is 24.5 Å². The molecule has 1 aliphatic rings. The smallest absolute Gasteiger partial charge is 0.237 e. The molecule has 3 nitrogen and oxygen atoms in total. The van der Waals surface area contributed by atoms with E-state index in [2.05, 4.69) is 45.6 Å². The van der Waals surface area contributed by atoms with Crippen molar-refractivity contribution in [1.82, 2.24) is 10.6 Å². The third-order valence-corrected chi connectivity index (χ3v) is 4.00. The summed E-state index contributed by atoms with van der Waals surface area (Å²) in [6, 6.07) is 8.41. The van der Waals surface area contributed by atoms with Crippen LogP contribution in [-0.2, 0) is 11.2 Å². The van der Waals surface area contributed by atoms with Gasteiger partial charge in [0.05, 0.1) is 6.04 Å². The van der Waals surface area contributed by atoms with Crippen molar-refractivity contribution in [3.63, 3.8) is 0 Å². The topological polar surface area (TPSA) is 41.1 Å². The number of piperidine rings is 1. The van der Waals surface area contributed by atoms with Crippen molar-refractivity contribution in [3.8, 4) is 0 Å². The Morgan fingerprint density at radius 1 is 1.40 bits per heavy atom. The van der Waals surface area contributed by atoms with E-state index >= 15 is 0 Å². The molecule has 0 aliphatic carbocycles. The third-order valence-electron chi connectivity index (χ3n) is 3.47. The molecule has 1 heterocycles. The zero-order valence-electron chi connectivity index (χ0n) is 11.7. The van der Waals surface area contributed by atoms with Gasteiger partial charge in [0.2, 0.25) is 5.91 Å². The first kappa shape index (κ1) is 17.5. The molecule has 1 aromatic rings. The summed E-state index contributed by atoms with van der Waals surface area (Å²) < 4.78 is 1.08. The lowest BCUT2D eigenvalue weighted by molar-refractivity contribution is -0.124. The van der Waals surface area contributed by atoms with Crippen molar-refractivity contribution < 1.29 is 4.79 Å². The highest BCUT2D eigenvalue weighted by Gasteiger charge is 2.21. The molecule has 0 bridgehead atoms. The highest BCUT2D eigenvalue weighted by molar-refractivity contribution is 9.10. The Morgan fingerprint density at radius 3 is 2.70 bits per heavy atom. The van der Waals surface area contributed by atoms with Gasteiger partial charge in [0.15, 0.2) is 0 Å². The van der Waals surface area contributed by atoms with Gasteiger partial charge in [-0.2, -0.15) is 0 Å². The van der Waals surface area contributed by atoms with Gasteiger partial charge in [0, 0.05) is 10.5 Å². The fourth-order valence-electron chi connectivity index (χ4n) is 2.44. The lowest BCUT2D eigenvalue weighted by Gasteiger charge is -2.24. The summed E-state index contributed by atoms with van der Waals surface area (Å²) in [6.07, 6.45) is 4.15. The number of benzene rings is 1. The molecule has 0 radical (unpaired) electrons. The first-order valence-corrected chi connectivity index (χ1v) is 7.72. The summed E-state index contributed by atoms with van der Waals surface area (Å²) in [5.74, 6) is 0.143. The van der Waals surface area contributed by atoms with Gasteiger partial charge in [0.1, 0.15) is 0 Å². The Kier molecular flexibility index (Phi) is 7.56. The van der Waals surface area contributed by atoms with E-state index in [9.17, 15) is 4.79 Å². The molecule has 1 amide bonds. The zero-order valence-corrected chi connectivity index (χ0v) is 14.1. The Morgan fingerprint density at radius 2 is 2.10 bits per heavy atom. The Bertz CT molecular complexity index is 418.